The quantitative estimate of drug-likeness (QED) is 0.126. The summed E-state index contributed by atoms with van der Waals surface area (Å²) in [5.41, 5.74) is 8.90. The van der Waals surface area contributed by atoms with Gasteiger partial charge in [0.1, 0.15) is 34.9 Å². The van der Waals surface area contributed by atoms with Crippen LogP contribution in [0.4, 0.5) is 63.3 Å². The van der Waals surface area contributed by atoms with Gasteiger partial charge in [-0.15, -0.1) is 0 Å². The Balaban J connectivity index is 0.000000174. The van der Waals surface area contributed by atoms with Crippen LogP contribution >= 0.6 is 0 Å². The standard InChI is InChI=1S/2C26H26F2N6O/c2*1-16-25(17-4-5-23(30-13-17)33(2)3)32-22-11-18(27)10-21(28)24(22)26(16)31-19-12-20(15-29-14-19)34-6-8-35-9-7-34/h2*4-5,10-15H,6-9H2,1-3H3,(H,31,32). The fourth-order valence-electron chi connectivity index (χ4n) is 8.54. The first-order chi connectivity index (χ1) is 33.8. The molecular formula is C52H52F4N12O2. The minimum atomic E-state index is -0.680. The Kier molecular flexibility index (Phi) is 13.9. The molecule has 0 saturated carbocycles. The van der Waals surface area contributed by atoms with Gasteiger partial charge in [0.2, 0.25) is 0 Å². The third-order valence-electron chi connectivity index (χ3n) is 12.2. The van der Waals surface area contributed by atoms with Crippen molar-refractivity contribution in [1.82, 2.24) is 29.9 Å². The molecule has 0 unspecified atom stereocenters. The zero-order valence-corrected chi connectivity index (χ0v) is 39.7. The average Bonchev–Trinajstić information content (AvgIpc) is 3.36. The molecule has 70 heavy (non-hydrogen) atoms. The lowest BCUT2D eigenvalue weighted by Crippen LogP contribution is -2.36. The molecule has 2 fully saturated rings. The maximum Gasteiger partial charge on any atom is 0.137 e. The van der Waals surface area contributed by atoms with Crippen LogP contribution in [0.25, 0.3) is 44.3 Å². The molecule has 6 aromatic heterocycles. The van der Waals surface area contributed by atoms with Crippen LogP contribution in [0.2, 0.25) is 0 Å². The van der Waals surface area contributed by atoms with Crippen molar-refractivity contribution in [2.24, 2.45) is 0 Å². The van der Waals surface area contributed by atoms with Crippen molar-refractivity contribution in [2.45, 2.75) is 13.8 Å². The third-order valence-corrected chi connectivity index (χ3v) is 12.2. The minimum absolute atomic E-state index is 0.222. The summed E-state index contributed by atoms with van der Waals surface area (Å²) in [5, 5.41) is 7.14. The summed E-state index contributed by atoms with van der Waals surface area (Å²) in [6.45, 7) is 9.47. The molecule has 0 radical (unpaired) electrons. The van der Waals surface area contributed by atoms with Gasteiger partial charge in [0.15, 0.2) is 0 Å². The van der Waals surface area contributed by atoms with Crippen molar-refractivity contribution in [1.29, 1.82) is 0 Å². The number of nitrogens with zero attached hydrogens (tertiary/aromatic N) is 10. The molecule has 8 heterocycles. The van der Waals surface area contributed by atoms with Gasteiger partial charge in [0.05, 0.1) is 119 Å². The smallest absolute Gasteiger partial charge is 0.137 e. The Morgan fingerprint density at radius 3 is 1.27 bits per heavy atom. The van der Waals surface area contributed by atoms with Gasteiger partial charge in [-0.05, 0) is 61.4 Å². The maximum atomic E-state index is 15.1. The lowest BCUT2D eigenvalue weighted by molar-refractivity contribution is 0.122. The highest BCUT2D eigenvalue weighted by molar-refractivity contribution is 5.99. The first-order valence-corrected chi connectivity index (χ1v) is 22.8. The minimum Gasteiger partial charge on any atom is -0.378 e. The number of aromatic nitrogens is 6. The summed E-state index contributed by atoms with van der Waals surface area (Å²) in [6.07, 6.45) is 10.4. The van der Waals surface area contributed by atoms with Gasteiger partial charge >= 0.3 is 0 Å². The van der Waals surface area contributed by atoms with E-state index < -0.39 is 23.3 Å². The number of halogens is 4. The molecule has 2 aliphatic rings. The van der Waals surface area contributed by atoms with Crippen LogP contribution in [-0.2, 0) is 9.47 Å². The van der Waals surface area contributed by atoms with Crippen LogP contribution in [0.1, 0.15) is 11.1 Å². The number of fused-ring (bicyclic) bond motifs is 2. The van der Waals surface area contributed by atoms with E-state index in [-0.39, 0.29) is 21.8 Å². The Labute approximate surface area is 403 Å². The van der Waals surface area contributed by atoms with E-state index in [4.69, 9.17) is 9.47 Å². The lowest BCUT2D eigenvalue weighted by Gasteiger charge is -2.28. The SMILES string of the molecule is Cc1c(-c2ccc(N(C)C)nc2)nc2cc(F)cc(F)c2c1Nc1cncc(N2CCOCC2)c1.Cc1c(-c2ccc(N(C)C)nc2)nc2cc(F)cc(F)c2c1Nc1cncc(N2CCOCC2)c1. The zero-order valence-electron chi connectivity index (χ0n) is 39.7. The van der Waals surface area contributed by atoms with Crippen LogP contribution in [0.3, 0.4) is 0 Å². The second-order valence-corrected chi connectivity index (χ2v) is 17.4. The number of hydrogen-bond acceptors (Lipinski definition) is 14. The summed E-state index contributed by atoms with van der Waals surface area (Å²) < 4.78 is 69.3. The van der Waals surface area contributed by atoms with Gasteiger partial charge in [-0.3, -0.25) is 9.97 Å². The van der Waals surface area contributed by atoms with E-state index in [9.17, 15) is 8.78 Å². The number of nitrogens with one attached hydrogen (secondary N) is 2. The first-order valence-electron chi connectivity index (χ1n) is 22.8. The topological polar surface area (TPSA) is 133 Å². The fourth-order valence-corrected chi connectivity index (χ4v) is 8.54. The van der Waals surface area contributed by atoms with Crippen LogP contribution in [0.5, 0.6) is 0 Å². The molecule has 0 amide bonds. The highest BCUT2D eigenvalue weighted by Crippen LogP contribution is 2.39. The monoisotopic (exact) mass is 952 g/mol. The van der Waals surface area contributed by atoms with E-state index in [1.54, 1.807) is 37.2 Å². The Bertz CT molecular complexity index is 2950. The van der Waals surface area contributed by atoms with Crippen molar-refractivity contribution in [3.63, 3.8) is 0 Å². The number of anilines is 8. The summed E-state index contributed by atoms with van der Waals surface area (Å²) in [4.78, 5) is 35.2. The van der Waals surface area contributed by atoms with E-state index in [0.29, 0.717) is 60.6 Å². The number of ether oxygens (including phenoxy) is 2. The highest BCUT2D eigenvalue weighted by Gasteiger charge is 2.22. The molecule has 0 atom stereocenters. The normalized spacial score (nSPS) is 13.8. The molecule has 0 aliphatic carbocycles. The predicted molar refractivity (Wildman–Crippen MR) is 269 cm³/mol. The number of morpholine rings is 2. The molecular weight excluding hydrogens is 901 g/mol. The molecule has 18 heteroatoms. The molecule has 10 rings (SSSR count). The highest BCUT2D eigenvalue weighted by atomic mass is 19.1. The second-order valence-electron chi connectivity index (χ2n) is 17.4. The summed E-state index contributed by atoms with van der Waals surface area (Å²) in [7, 11) is 7.64. The third kappa shape index (κ3) is 10.2. The predicted octanol–water partition coefficient (Wildman–Crippen LogP) is 9.85. The van der Waals surface area contributed by atoms with Crippen molar-refractivity contribution in [3.8, 4) is 22.5 Å². The van der Waals surface area contributed by atoms with E-state index in [2.05, 4.69) is 50.3 Å². The Morgan fingerprint density at radius 1 is 0.514 bits per heavy atom. The summed E-state index contributed by atoms with van der Waals surface area (Å²) >= 11 is 0. The van der Waals surface area contributed by atoms with E-state index in [1.807, 2.05) is 88.2 Å². The number of benzene rings is 2. The van der Waals surface area contributed by atoms with Gasteiger partial charge in [-0.25, -0.2) is 37.5 Å². The lowest BCUT2D eigenvalue weighted by atomic mass is 10.0. The van der Waals surface area contributed by atoms with E-state index >= 15 is 8.78 Å². The van der Waals surface area contributed by atoms with Gasteiger partial charge in [-0.2, -0.15) is 0 Å². The van der Waals surface area contributed by atoms with Crippen molar-refractivity contribution in [2.75, 3.05) is 111 Å². The zero-order chi connectivity index (χ0) is 49.1. The van der Waals surface area contributed by atoms with Gasteiger partial charge < -0.3 is 39.7 Å². The molecule has 2 aliphatic heterocycles. The number of rotatable bonds is 10. The van der Waals surface area contributed by atoms with Gasteiger partial charge in [-0.1, -0.05) is 0 Å². The van der Waals surface area contributed by atoms with Crippen molar-refractivity contribution in [3.05, 3.63) is 132 Å². The van der Waals surface area contributed by atoms with Crippen LogP contribution in [0.15, 0.2) is 97.8 Å². The van der Waals surface area contributed by atoms with Crippen molar-refractivity contribution < 1.29 is 27.0 Å². The van der Waals surface area contributed by atoms with E-state index in [0.717, 1.165) is 83.6 Å². The molecule has 360 valence electrons. The van der Waals surface area contributed by atoms with Crippen LogP contribution < -0.4 is 30.2 Å². The molecule has 2 saturated heterocycles. The molecule has 2 N–H and O–H groups in total. The summed E-state index contributed by atoms with van der Waals surface area (Å²) in [5.74, 6) is -1.12. The van der Waals surface area contributed by atoms with Crippen molar-refractivity contribution >= 4 is 67.6 Å². The number of hydrogen-bond donors (Lipinski definition) is 2. The number of pyridine rings is 6. The molecule has 2 aromatic carbocycles. The fraction of sp³-hybridized carbons (Fsp3) is 0.269. The van der Waals surface area contributed by atoms with Gasteiger partial charge in [0.25, 0.3) is 0 Å². The summed E-state index contributed by atoms with van der Waals surface area (Å²) in [6, 6.07) is 15.8. The average molecular weight is 953 g/mol. The molecule has 0 spiro atoms. The van der Waals surface area contributed by atoms with Gasteiger partial charge in [0, 0.05) is 102 Å². The molecule has 14 nitrogen and oxygen atoms in total. The first kappa shape index (κ1) is 47.4. The Hall–Kier alpha value is -7.70. The van der Waals surface area contributed by atoms with Crippen LogP contribution in [0, 0.1) is 37.1 Å². The molecule has 8 aromatic rings. The van der Waals surface area contributed by atoms with E-state index in [1.165, 1.54) is 12.1 Å². The maximum absolute atomic E-state index is 15.1. The Morgan fingerprint density at radius 2 is 0.914 bits per heavy atom. The molecule has 0 bridgehead atoms. The van der Waals surface area contributed by atoms with Crippen LogP contribution in [-0.4, -0.2) is 111 Å². The largest absolute Gasteiger partial charge is 0.378 e. The second kappa shape index (κ2) is 20.5.